The van der Waals surface area contributed by atoms with Gasteiger partial charge in [-0.1, -0.05) is 28.7 Å². The maximum Gasteiger partial charge on any atom is 0.433 e. The number of halogens is 4. The van der Waals surface area contributed by atoms with Crippen LogP contribution in [0.2, 0.25) is 0 Å². The highest BCUT2D eigenvalue weighted by molar-refractivity contribution is 14.1. The standard InChI is InChI=1S/C20H17F3IN3O2S/c1-29-15-7-14-16(30-19(27-14)11-5-10(6-11)9-24)8-13(15)26-18(28)12-3-2-4-17(25-12)20(21,22)23/h2-4,7-8,10-11H,5-6,9H2,1H3,(H,26,28)/t10-,11-. The summed E-state index contributed by atoms with van der Waals surface area (Å²) < 4.78 is 46.0. The number of benzene rings is 1. The Morgan fingerprint density at radius 3 is 2.73 bits per heavy atom. The molecule has 1 aromatic carbocycles. The van der Waals surface area contributed by atoms with Gasteiger partial charge in [-0.05, 0) is 37.0 Å². The number of thiazole rings is 1. The van der Waals surface area contributed by atoms with Gasteiger partial charge in [0.15, 0.2) is 0 Å². The van der Waals surface area contributed by atoms with Gasteiger partial charge < -0.3 is 10.1 Å². The SMILES string of the molecule is COc1cc2nc([C@H]3C[C@H](CI)C3)sc2cc1NC(=O)c1cccc(C(F)(F)F)n1. The monoisotopic (exact) mass is 547 g/mol. The molecule has 3 aromatic rings. The van der Waals surface area contributed by atoms with E-state index in [0.717, 1.165) is 50.5 Å². The van der Waals surface area contributed by atoms with E-state index in [2.05, 4.69) is 32.9 Å². The van der Waals surface area contributed by atoms with Gasteiger partial charge in [-0.15, -0.1) is 11.3 Å². The van der Waals surface area contributed by atoms with Crippen LogP contribution >= 0.6 is 33.9 Å². The van der Waals surface area contributed by atoms with E-state index in [9.17, 15) is 18.0 Å². The van der Waals surface area contributed by atoms with Crippen molar-refractivity contribution in [3.8, 4) is 5.75 Å². The number of anilines is 1. The summed E-state index contributed by atoms with van der Waals surface area (Å²) in [5.41, 5.74) is -0.297. The number of amides is 1. The van der Waals surface area contributed by atoms with E-state index in [0.29, 0.717) is 17.4 Å². The summed E-state index contributed by atoms with van der Waals surface area (Å²) in [5.74, 6) is 0.846. The summed E-state index contributed by atoms with van der Waals surface area (Å²) in [6.07, 6.45) is -2.36. The Kier molecular flexibility index (Phi) is 5.88. The third-order valence-electron chi connectivity index (χ3n) is 5.05. The van der Waals surface area contributed by atoms with E-state index in [1.54, 1.807) is 23.5 Å². The first-order valence-corrected chi connectivity index (χ1v) is 11.5. The first-order valence-electron chi connectivity index (χ1n) is 9.18. The fourth-order valence-corrected chi connectivity index (χ4v) is 5.22. The van der Waals surface area contributed by atoms with Gasteiger partial charge in [0.25, 0.3) is 5.91 Å². The molecule has 0 spiro atoms. The van der Waals surface area contributed by atoms with Crippen molar-refractivity contribution in [3.63, 3.8) is 0 Å². The van der Waals surface area contributed by atoms with Crippen molar-refractivity contribution in [2.75, 3.05) is 16.9 Å². The summed E-state index contributed by atoms with van der Waals surface area (Å²) in [6.45, 7) is 0. The van der Waals surface area contributed by atoms with Crippen molar-refractivity contribution in [2.24, 2.45) is 5.92 Å². The Bertz CT molecular complexity index is 1100. The van der Waals surface area contributed by atoms with Gasteiger partial charge in [-0.2, -0.15) is 13.2 Å². The molecular formula is C20H17F3IN3O2S. The molecule has 30 heavy (non-hydrogen) atoms. The second-order valence-electron chi connectivity index (χ2n) is 7.12. The zero-order valence-corrected chi connectivity index (χ0v) is 18.8. The van der Waals surface area contributed by atoms with Gasteiger partial charge in [0, 0.05) is 16.4 Å². The van der Waals surface area contributed by atoms with Gasteiger partial charge in [-0.3, -0.25) is 4.79 Å². The number of pyridine rings is 1. The molecule has 158 valence electrons. The Hall–Kier alpha value is -1.95. The molecular weight excluding hydrogens is 530 g/mol. The third kappa shape index (κ3) is 4.25. The predicted molar refractivity (Wildman–Crippen MR) is 118 cm³/mol. The van der Waals surface area contributed by atoms with Crippen molar-refractivity contribution < 1.29 is 22.7 Å². The summed E-state index contributed by atoms with van der Waals surface area (Å²) >= 11 is 3.97. The van der Waals surface area contributed by atoms with Gasteiger partial charge >= 0.3 is 6.18 Å². The maximum absolute atomic E-state index is 12.9. The van der Waals surface area contributed by atoms with Crippen LogP contribution in [-0.4, -0.2) is 27.4 Å². The average molecular weight is 547 g/mol. The number of nitrogens with one attached hydrogen (secondary N) is 1. The van der Waals surface area contributed by atoms with Crippen molar-refractivity contribution in [3.05, 3.63) is 46.7 Å². The summed E-state index contributed by atoms with van der Waals surface area (Å²) in [5, 5.41) is 3.68. The smallest absolute Gasteiger partial charge is 0.433 e. The number of hydrogen-bond donors (Lipinski definition) is 1. The largest absolute Gasteiger partial charge is 0.494 e. The highest BCUT2D eigenvalue weighted by Gasteiger charge is 2.33. The first kappa shape index (κ1) is 21.3. The lowest BCUT2D eigenvalue weighted by molar-refractivity contribution is -0.141. The number of rotatable bonds is 5. The van der Waals surface area contributed by atoms with E-state index >= 15 is 0 Å². The molecule has 2 heterocycles. The minimum atomic E-state index is -4.62. The number of carbonyl (C=O) groups is 1. The van der Waals surface area contributed by atoms with Crippen molar-refractivity contribution in [1.29, 1.82) is 0 Å². The maximum atomic E-state index is 12.9. The zero-order valence-electron chi connectivity index (χ0n) is 15.8. The lowest BCUT2D eigenvalue weighted by Gasteiger charge is -2.32. The fourth-order valence-electron chi connectivity index (χ4n) is 3.38. The highest BCUT2D eigenvalue weighted by atomic mass is 127. The zero-order chi connectivity index (χ0) is 21.5. The number of alkyl halides is 4. The van der Waals surface area contributed by atoms with E-state index in [1.165, 1.54) is 13.2 Å². The molecule has 0 radical (unpaired) electrons. The number of fused-ring (bicyclic) bond motifs is 1. The Labute approximate surface area is 188 Å². The second kappa shape index (κ2) is 8.29. The predicted octanol–water partition coefficient (Wildman–Crippen LogP) is 5.90. The van der Waals surface area contributed by atoms with E-state index in [1.807, 2.05) is 0 Å². The molecule has 1 aliphatic rings. The van der Waals surface area contributed by atoms with Crippen LogP contribution in [0.1, 0.15) is 39.9 Å². The molecule has 1 saturated carbocycles. The molecule has 4 rings (SSSR count). The van der Waals surface area contributed by atoms with Crippen LogP contribution < -0.4 is 10.1 Å². The van der Waals surface area contributed by atoms with Crippen LogP contribution in [0, 0.1) is 5.92 Å². The summed E-state index contributed by atoms with van der Waals surface area (Å²) in [4.78, 5) is 20.7. The number of ether oxygens (including phenoxy) is 1. The van der Waals surface area contributed by atoms with E-state index in [-0.39, 0.29) is 5.69 Å². The summed E-state index contributed by atoms with van der Waals surface area (Å²) in [6, 6.07) is 6.70. The van der Waals surface area contributed by atoms with E-state index < -0.39 is 17.8 Å². The molecule has 0 atom stereocenters. The van der Waals surface area contributed by atoms with Crippen LogP contribution in [0.5, 0.6) is 5.75 Å². The molecule has 1 aliphatic carbocycles. The number of nitrogens with zero attached hydrogens (tertiary/aromatic N) is 2. The van der Waals surface area contributed by atoms with E-state index in [4.69, 9.17) is 9.72 Å². The van der Waals surface area contributed by atoms with Crippen molar-refractivity contribution >= 4 is 55.7 Å². The average Bonchev–Trinajstić information content (AvgIpc) is 3.08. The lowest BCUT2D eigenvalue weighted by Crippen LogP contribution is -2.22. The minimum Gasteiger partial charge on any atom is -0.494 e. The normalized spacial score (nSPS) is 18.8. The van der Waals surface area contributed by atoms with Gasteiger partial charge in [0.2, 0.25) is 0 Å². The molecule has 0 aliphatic heterocycles. The Morgan fingerprint density at radius 2 is 2.07 bits per heavy atom. The number of aromatic nitrogens is 2. The Morgan fingerprint density at radius 1 is 1.30 bits per heavy atom. The molecule has 1 amide bonds. The molecule has 10 heteroatoms. The highest BCUT2D eigenvalue weighted by Crippen LogP contribution is 2.45. The minimum absolute atomic E-state index is 0.323. The molecule has 5 nitrogen and oxygen atoms in total. The third-order valence-corrected chi connectivity index (χ3v) is 7.48. The quantitative estimate of drug-likeness (QED) is 0.319. The second-order valence-corrected chi connectivity index (χ2v) is 9.06. The number of carbonyl (C=O) groups excluding carboxylic acids is 1. The molecule has 1 fully saturated rings. The van der Waals surface area contributed by atoms with Gasteiger partial charge in [0.05, 0.1) is 28.0 Å². The molecule has 0 saturated heterocycles. The molecule has 1 N–H and O–H groups in total. The van der Waals surface area contributed by atoms with Crippen LogP contribution in [0.4, 0.5) is 18.9 Å². The van der Waals surface area contributed by atoms with Crippen molar-refractivity contribution in [2.45, 2.75) is 24.9 Å². The van der Waals surface area contributed by atoms with Crippen LogP contribution in [0.15, 0.2) is 30.3 Å². The number of methoxy groups -OCH3 is 1. The number of hydrogen-bond acceptors (Lipinski definition) is 5. The Balaban J connectivity index is 1.59. The van der Waals surface area contributed by atoms with Crippen LogP contribution in [-0.2, 0) is 6.18 Å². The first-order chi connectivity index (χ1) is 14.3. The van der Waals surface area contributed by atoms with Crippen LogP contribution in [0.3, 0.4) is 0 Å². The lowest BCUT2D eigenvalue weighted by atomic mass is 9.76. The van der Waals surface area contributed by atoms with Crippen molar-refractivity contribution in [1.82, 2.24) is 9.97 Å². The van der Waals surface area contributed by atoms with Gasteiger partial charge in [0.1, 0.15) is 17.1 Å². The topological polar surface area (TPSA) is 64.1 Å². The molecule has 0 bridgehead atoms. The van der Waals surface area contributed by atoms with Gasteiger partial charge in [-0.25, -0.2) is 9.97 Å². The summed E-state index contributed by atoms with van der Waals surface area (Å²) in [7, 11) is 1.46. The van der Waals surface area contributed by atoms with Crippen LogP contribution in [0.25, 0.3) is 10.2 Å². The molecule has 0 unspecified atom stereocenters. The molecule has 2 aromatic heterocycles. The fraction of sp³-hybridized carbons (Fsp3) is 0.350.